The van der Waals surface area contributed by atoms with Crippen LogP contribution in [0.5, 0.6) is 0 Å². The van der Waals surface area contributed by atoms with Crippen LogP contribution in [0.15, 0.2) is 24.5 Å². The number of rotatable bonds is 1. The minimum atomic E-state index is 0.626. The Kier molecular flexibility index (Phi) is 2.52. The molecule has 1 aliphatic heterocycles. The Morgan fingerprint density at radius 3 is 2.94 bits per heavy atom. The van der Waals surface area contributed by atoms with Crippen molar-refractivity contribution in [2.75, 3.05) is 17.2 Å². The number of anilines is 1. The van der Waals surface area contributed by atoms with E-state index in [0.29, 0.717) is 5.92 Å². The quantitative estimate of drug-likeness (QED) is 0.823. The number of hydrogen-bond donors (Lipinski definition) is 1. The molecule has 4 heteroatoms. The van der Waals surface area contributed by atoms with Crippen molar-refractivity contribution >= 4 is 23.1 Å². The third-order valence-electron chi connectivity index (χ3n) is 3.17. The van der Waals surface area contributed by atoms with Crippen molar-refractivity contribution in [3.63, 3.8) is 0 Å². The first-order valence-electron chi connectivity index (χ1n) is 5.65. The van der Waals surface area contributed by atoms with Crippen molar-refractivity contribution in [1.29, 1.82) is 0 Å². The molecule has 0 radical (unpaired) electrons. The standard InChI is InChI=1S/C12H15N3S/c13-10-2-1-5-15-8-11(14-12(10)15)9-3-6-16-7-4-9/h1-2,5,8-9H,3-4,6-7,13H2. The van der Waals surface area contributed by atoms with Crippen LogP contribution < -0.4 is 5.73 Å². The lowest BCUT2D eigenvalue weighted by Crippen LogP contribution is -2.07. The van der Waals surface area contributed by atoms with E-state index in [2.05, 4.69) is 11.2 Å². The topological polar surface area (TPSA) is 43.3 Å². The van der Waals surface area contributed by atoms with Gasteiger partial charge in [0.25, 0.3) is 0 Å². The van der Waals surface area contributed by atoms with Gasteiger partial charge in [0.2, 0.25) is 0 Å². The fourth-order valence-electron chi connectivity index (χ4n) is 2.24. The van der Waals surface area contributed by atoms with Crippen LogP contribution in [0.25, 0.3) is 5.65 Å². The number of thioether (sulfide) groups is 1. The lowest BCUT2D eigenvalue weighted by Gasteiger charge is -2.18. The summed E-state index contributed by atoms with van der Waals surface area (Å²) < 4.78 is 2.03. The van der Waals surface area contributed by atoms with E-state index in [1.807, 2.05) is 34.5 Å². The molecule has 1 aliphatic rings. The molecule has 16 heavy (non-hydrogen) atoms. The minimum absolute atomic E-state index is 0.626. The van der Waals surface area contributed by atoms with Gasteiger partial charge in [-0.25, -0.2) is 4.98 Å². The van der Waals surface area contributed by atoms with Gasteiger partial charge in [0.05, 0.1) is 11.4 Å². The van der Waals surface area contributed by atoms with Gasteiger partial charge in [-0.1, -0.05) is 0 Å². The number of nitrogen functional groups attached to an aromatic ring is 1. The monoisotopic (exact) mass is 233 g/mol. The maximum atomic E-state index is 5.91. The van der Waals surface area contributed by atoms with Crippen LogP contribution in [-0.2, 0) is 0 Å². The highest BCUT2D eigenvalue weighted by atomic mass is 32.2. The SMILES string of the molecule is Nc1cccn2cc(C3CCSCC3)nc12. The van der Waals surface area contributed by atoms with Crippen molar-refractivity contribution in [2.45, 2.75) is 18.8 Å². The molecule has 0 spiro atoms. The van der Waals surface area contributed by atoms with Crippen molar-refractivity contribution < 1.29 is 0 Å². The highest BCUT2D eigenvalue weighted by molar-refractivity contribution is 7.99. The van der Waals surface area contributed by atoms with Gasteiger partial charge >= 0.3 is 0 Å². The van der Waals surface area contributed by atoms with E-state index in [0.717, 1.165) is 11.3 Å². The minimum Gasteiger partial charge on any atom is -0.396 e. The van der Waals surface area contributed by atoms with E-state index in [1.165, 1.54) is 30.0 Å². The predicted octanol–water partition coefficient (Wildman–Crippen LogP) is 2.53. The van der Waals surface area contributed by atoms with Crippen molar-refractivity contribution in [3.8, 4) is 0 Å². The van der Waals surface area contributed by atoms with E-state index in [4.69, 9.17) is 5.73 Å². The van der Waals surface area contributed by atoms with Gasteiger partial charge in [-0.2, -0.15) is 11.8 Å². The zero-order valence-corrected chi connectivity index (χ0v) is 9.91. The zero-order valence-electron chi connectivity index (χ0n) is 9.10. The normalized spacial score (nSPS) is 18.0. The number of imidazole rings is 1. The number of fused-ring (bicyclic) bond motifs is 1. The Morgan fingerprint density at radius 2 is 2.19 bits per heavy atom. The number of aromatic nitrogens is 2. The number of nitrogens with two attached hydrogens (primary N) is 1. The molecule has 1 saturated heterocycles. The lowest BCUT2D eigenvalue weighted by atomic mass is 10.00. The Labute approximate surface area is 99.1 Å². The maximum Gasteiger partial charge on any atom is 0.160 e. The second-order valence-electron chi connectivity index (χ2n) is 4.25. The summed E-state index contributed by atoms with van der Waals surface area (Å²) in [7, 11) is 0. The van der Waals surface area contributed by atoms with Crippen molar-refractivity contribution in [1.82, 2.24) is 9.38 Å². The average Bonchev–Trinajstić information content (AvgIpc) is 2.76. The molecule has 84 valence electrons. The van der Waals surface area contributed by atoms with Gasteiger partial charge in [-0.05, 0) is 36.5 Å². The molecule has 0 atom stereocenters. The van der Waals surface area contributed by atoms with Gasteiger partial charge < -0.3 is 10.1 Å². The second kappa shape index (κ2) is 4.01. The molecule has 0 saturated carbocycles. The van der Waals surface area contributed by atoms with Gasteiger partial charge in [-0.3, -0.25) is 0 Å². The molecule has 3 rings (SSSR count). The highest BCUT2D eigenvalue weighted by Crippen LogP contribution is 2.31. The van der Waals surface area contributed by atoms with Crippen LogP contribution in [0.3, 0.4) is 0 Å². The van der Waals surface area contributed by atoms with Crippen LogP contribution >= 0.6 is 11.8 Å². The first-order chi connectivity index (χ1) is 7.84. The fraction of sp³-hybridized carbons (Fsp3) is 0.417. The summed E-state index contributed by atoms with van der Waals surface area (Å²) in [5.41, 5.74) is 8.78. The van der Waals surface area contributed by atoms with E-state index >= 15 is 0 Å². The summed E-state index contributed by atoms with van der Waals surface area (Å²) >= 11 is 2.04. The van der Waals surface area contributed by atoms with E-state index in [1.54, 1.807) is 0 Å². The molecule has 1 fully saturated rings. The summed E-state index contributed by atoms with van der Waals surface area (Å²) in [6.45, 7) is 0. The van der Waals surface area contributed by atoms with Gasteiger partial charge in [0.1, 0.15) is 0 Å². The largest absolute Gasteiger partial charge is 0.396 e. The highest BCUT2D eigenvalue weighted by Gasteiger charge is 2.18. The molecule has 2 N–H and O–H groups in total. The van der Waals surface area contributed by atoms with Crippen LogP contribution in [-0.4, -0.2) is 20.9 Å². The molecular formula is C12H15N3S. The average molecular weight is 233 g/mol. The van der Waals surface area contributed by atoms with Crippen LogP contribution in [0, 0.1) is 0 Å². The molecule has 2 aromatic heterocycles. The predicted molar refractivity (Wildman–Crippen MR) is 68.9 cm³/mol. The second-order valence-corrected chi connectivity index (χ2v) is 5.47. The van der Waals surface area contributed by atoms with Gasteiger partial charge in [-0.15, -0.1) is 0 Å². The van der Waals surface area contributed by atoms with E-state index in [9.17, 15) is 0 Å². The number of nitrogens with zero attached hydrogens (tertiary/aromatic N) is 2. The molecule has 3 heterocycles. The molecule has 0 aromatic carbocycles. The van der Waals surface area contributed by atoms with E-state index < -0.39 is 0 Å². The summed E-state index contributed by atoms with van der Waals surface area (Å²) in [6, 6.07) is 3.87. The molecule has 0 amide bonds. The number of hydrogen-bond acceptors (Lipinski definition) is 3. The fourth-order valence-corrected chi connectivity index (χ4v) is 3.35. The molecule has 0 bridgehead atoms. The Hall–Kier alpha value is -1.16. The van der Waals surface area contributed by atoms with Crippen LogP contribution in [0.2, 0.25) is 0 Å². The van der Waals surface area contributed by atoms with Gasteiger partial charge in [0, 0.05) is 18.3 Å². The zero-order chi connectivity index (χ0) is 11.0. The molecule has 0 aliphatic carbocycles. The first-order valence-corrected chi connectivity index (χ1v) is 6.81. The summed E-state index contributed by atoms with van der Waals surface area (Å²) in [5.74, 6) is 3.14. The van der Waals surface area contributed by atoms with E-state index in [-0.39, 0.29) is 0 Å². The third-order valence-corrected chi connectivity index (χ3v) is 4.22. The number of pyridine rings is 1. The first kappa shape index (κ1) is 10.0. The molecule has 2 aromatic rings. The molecule has 3 nitrogen and oxygen atoms in total. The molecule has 0 unspecified atom stereocenters. The third kappa shape index (κ3) is 1.67. The lowest BCUT2D eigenvalue weighted by molar-refractivity contribution is 0.623. The van der Waals surface area contributed by atoms with Gasteiger partial charge in [0.15, 0.2) is 5.65 Å². The van der Waals surface area contributed by atoms with Crippen molar-refractivity contribution in [2.24, 2.45) is 0 Å². The van der Waals surface area contributed by atoms with Crippen molar-refractivity contribution in [3.05, 3.63) is 30.2 Å². The Balaban J connectivity index is 2.01. The summed E-state index contributed by atoms with van der Waals surface area (Å²) in [4.78, 5) is 4.66. The Morgan fingerprint density at radius 1 is 1.38 bits per heavy atom. The van der Waals surface area contributed by atoms with Crippen LogP contribution in [0.4, 0.5) is 5.69 Å². The smallest absolute Gasteiger partial charge is 0.160 e. The van der Waals surface area contributed by atoms with Crippen LogP contribution in [0.1, 0.15) is 24.5 Å². The maximum absolute atomic E-state index is 5.91. The molecular weight excluding hydrogens is 218 g/mol. The Bertz CT molecular complexity index is 500. The summed E-state index contributed by atoms with van der Waals surface area (Å²) in [6.07, 6.45) is 6.63. The summed E-state index contributed by atoms with van der Waals surface area (Å²) in [5, 5.41) is 0.